The van der Waals surface area contributed by atoms with Gasteiger partial charge in [0, 0.05) is 12.0 Å². The summed E-state index contributed by atoms with van der Waals surface area (Å²) >= 11 is 0. The van der Waals surface area contributed by atoms with Crippen LogP contribution in [0.2, 0.25) is 0 Å². The van der Waals surface area contributed by atoms with Crippen molar-refractivity contribution in [2.24, 2.45) is 0 Å². The fourth-order valence-electron chi connectivity index (χ4n) is 1.56. The van der Waals surface area contributed by atoms with Gasteiger partial charge >= 0.3 is 0 Å². The van der Waals surface area contributed by atoms with Crippen LogP contribution in [0.3, 0.4) is 0 Å². The molecule has 74 valence electrons. The van der Waals surface area contributed by atoms with Crippen molar-refractivity contribution >= 4 is 0 Å². The van der Waals surface area contributed by atoms with Gasteiger partial charge in [-0.1, -0.05) is 20.3 Å². The van der Waals surface area contributed by atoms with E-state index in [2.05, 4.69) is 42.5 Å². The summed E-state index contributed by atoms with van der Waals surface area (Å²) in [6.07, 6.45) is 4.21. The van der Waals surface area contributed by atoms with Crippen molar-refractivity contribution in [3.05, 3.63) is 12.2 Å². The molecular weight excluding hydrogens is 162 g/mol. The van der Waals surface area contributed by atoms with Gasteiger partial charge in [0.15, 0.2) is 0 Å². The summed E-state index contributed by atoms with van der Waals surface area (Å²) < 4.78 is 2.15. The van der Waals surface area contributed by atoms with Crippen LogP contribution in [0, 0.1) is 0 Å². The molecule has 0 bridgehead atoms. The maximum Gasteiger partial charge on any atom is 0.135 e. The highest BCUT2D eigenvalue weighted by Crippen LogP contribution is 2.20. The molecule has 1 aromatic rings. The zero-order valence-electron chi connectivity index (χ0n) is 8.99. The van der Waals surface area contributed by atoms with Gasteiger partial charge in [-0.15, -0.1) is 10.2 Å². The first-order chi connectivity index (χ1) is 6.16. The second-order valence-corrected chi connectivity index (χ2v) is 3.88. The second-order valence-electron chi connectivity index (χ2n) is 3.88. The molecule has 1 atom stereocenters. The van der Waals surface area contributed by atoms with E-state index in [1.807, 2.05) is 6.33 Å². The summed E-state index contributed by atoms with van der Waals surface area (Å²) in [6, 6.07) is 0.462. The average molecular weight is 181 g/mol. The maximum atomic E-state index is 4.17. The summed E-state index contributed by atoms with van der Waals surface area (Å²) in [6.45, 7) is 8.73. The Kier molecular flexibility index (Phi) is 3.46. The predicted molar refractivity (Wildman–Crippen MR) is 53.7 cm³/mol. The van der Waals surface area contributed by atoms with Gasteiger partial charge in [-0.05, 0) is 20.3 Å². The van der Waals surface area contributed by atoms with E-state index >= 15 is 0 Å². The third-order valence-corrected chi connectivity index (χ3v) is 2.32. The zero-order chi connectivity index (χ0) is 9.84. The van der Waals surface area contributed by atoms with Crippen LogP contribution in [0.4, 0.5) is 0 Å². The highest BCUT2D eigenvalue weighted by Gasteiger charge is 2.13. The molecule has 1 aromatic heterocycles. The van der Waals surface area contributed by atoms with Crippen LogP contribution in [0.5, 0.6) is 0 Å². The monoisotopic (exact) mass is 181 g/mol. The Labute approximate surface area is 80.2 Å². The minimum Gasteiger partial charge on any atom is -0.315 e. The molecule has 0 N–H and O–H groups in total. The van der Waals surface area contributed by atoms with E-state index in [0.29, 0.717) is 12.0 Å². The Morgan fingerprint density at radius 3 is 2.62 bits per heavy atom. The molecule has 0 radical (unpaired) electrons. The van der Waals surface area contributed by atoms with Gasteiger partial charge in [0.2, 0.25) is 0 Å². The van der Waals surface area contributed by atoms with Crippen LogP contribution in [0.15, 0.2) is 6.33 Å². The number of nitrogens with zero attached hydrogens (tertiary/aromatic N) is 3. The molecule has 0 aromatic carbocycles. The Bertz CT molecular complexity index is 252. The van der Waals surface area contributed by atoms with Gasteiger partial charge < -0.3 is 4.57 Å². The van der Waals surface area contributed by atoms with Crippen molar-refractivity contribution in [3.8, 4) is 0 Å². The summed E-state index contributed by atoms with van der Waals surface area (Å²) in [4.78, 5) is 0. The number of hydrogen-bond donors (Lipinski definition) is 0. The molecule has 1 unspecified atom stereocenters. The van der Waals surface area contributed by atoms with Gasteiger partial charge in [-0.25, -0.2) is 0 Å². The van der Waals surface area contributed by atoms with E-state index in [1.165, 1.54) is 12.8 Å². The molecule has 0 spiro atoms. The van der Waals surface area contributed by atoms with Crippen molar-refractivity contribution in [3.63, 3.8) is 0 Å². The van der Waals surface area contributed by atoms with Gasteiger partial charge in [0.25, 0.3) is 0 Å². The predicted octanol–water partition coefficient (Wildman–Crippen LogP) is 2.76. The first-order valence-corrected chi connectivity index (χ1v) is 5.06. The number of hydrogen-bond acceptors (Lipinski definition) is 2. The van der Waals surface area contributed by atoms with Gasteiger partial charge in [-0.3, -0.25) is 0 Å². The highest BCUT2D eigenvalue weighted by atomic mass is 15.3. The van der Waals surface area contributed by atoms with E-state index in [-0.39, 0.29) is 0 Å². The molecule has 0 saturated carbocycles. The summed E-state index contributed by atoms with van der Waals surface area (Å²) in [5.41, 5.74) is 0. The molecule has 0 amide bonds. The van der Waals surface area contributed by atoms with E-state index in [1.54, 1.807) is 0 Å². The smallest absolute Gasteiger partial charge is 0.135 e. The minimum absolute atomic E-state index is 0.462. The lowest BCUT2D eigenvalue weighted by atomic mass is 10.1. The average Bonchev–Trinajstić information content (AvgIpc) is 2.52. The molecule has 0 aliphatic rings. The highest BCUT2D eigenvalue weighted by molar-refractivity contribution is 4.95. The van der Waals surface area contributed by atoms with Crippen LogP contribution in [-0.2, 0) is 0 Å². The minimum atomic E-state index is 0.462. The Morgan fingerprint density at radius 1 is 1.38 bits per heavy atom. The summed E-state index contributed by atoms with van der Waals surface area (Å²) in [5.74, 6) is 1.65. The normalized spacial score (nSPS) is 13.6. The Hall–Kier alpha value is -0.860. The van der Waals surface area contributed by atoms with Gasteiger partial charge in [0.1, 0.15) is 12.2 Å². The molecule has 3 nitrogen and oxygen atoms in total. The zero-order valence-corrected chi connectivity index (χ0v) is 8.99. The number of rotatable bonds is 4. The third kappa shape index (κ3) is 2.29. The Morgan fingerprint density at radius 2 is 2.08 bits per heavy atom. The first kappa shape index (κ1) is 10.2. The molecule has 3 heteroatoms. The van der Waals surface area contributed by atoms with Gasteiger partial charge in [0.05, 0.1) is 0 Å². The summed E-state index contributed by atoms with van der Waals surface area (Å²) in [5, 5.41) is 8.13. The summed E-state index contributed by atoms with van der Waals surface area (Å²) in [7, 11) is 0. The van der Waals surface area contributed by atoms with Crippen LogP contribution in [0.1, 0.15) is 58.3 Å². The second kappa shape index (κ2) is 4.40. The number of aromatic nitrogens is 3. The van der Waals surface area contributed by atoms with E-state index < -0.39 is 0 Å². The first-order valence-electron chi connectivity index (χ1n) is 5.06. The molecule has 0 fully saturated rings. The SMILES string of the molecule is CCCC(C)c1nncn1C(C)C. The van der Waals surface area contributed by atoms with Crippen molar-refractivity contribution < 1.29 is 0 Å². The van der Waals surface area contributed by atoms with E-state index in [4.69, 9.17) is 0 Å². The third-order valence-electron chi connectivity index (χ3n) is 2.32. The fourth-order valence-corrected chi connectivity index (χ4v) is 1.56. The standard InChI is InChI=1S/C10H19N3/c1-5-6-9(4)10-12-11-7-13(10)8(2)3/h7-9H,5-6H2,1-4H3. The van der Waals surface area contributed by atoms with E-state index in [9.17, 15) is 0 Å². The molecule has 0 saturated heterocycles. The quantitative estimate of drug-likeness (QED) is 0.715. The lowest BCUT2D eigenvalue weighted by Gasteiger charge is -2.14. The van der Waals surface area contributed by atoms with Crippen LogP contribution in [0.25, 0.3) is 0 Å². The van der Waals surface area contributed by atoms with E-state index in [0.717, 1.165) is 5.82 Å². The lowest BCUT2D eigenvalue weighted by Crippen LogP contribution is -2.08. The van der Waals surface area contributed by atoms with Crippen molar-refractivity contribution in [2.45, 2.75) is 52.5 Å². The van der Waals surface area contributed by atoms with Crippen LogP contribution < -0.4 is 0 Å². The molecular formula is C10H19N3. The molecule has 0 aliphatic heterocycles. The lowest BCUT2D eigenvalue weighted by molar-refractivity contribution is 0.520. The fraction of sp³-hybridized carbons (Fsp3) is 0.800. The topological polar surface area (TPSA) is 30.7 Å². The van der Waals surface area contributed by atoms with Crippen LogP contribution >= 0.6 is 0 Å². The maximum absolute atomic E-state index is 4.17. The molecule has 0 aliphatic carbocycles. The Balaban J connectivity index is 2.80. The van der Waals surface area contributed by atoms with Gasteiger partial charge in [-0.2, -0.15) is 0 Å². The van der Waals surface area contributed by atoms with Crippen molar-refractivity contribution in [1.29, 1.82) is 0 Å². The molecule has 1 heterocycles. The van der Waals surface area contributed by atoms with Crippen molar-refractivity contribution in [1.82, 2.24) is 14.8 Å². The largest absolute Gasteiger partial charge is 0.315 e. The van der Waals surface area contributed by atoms with Crippen LogP contribution in [-0.4, -0.2) is 14.8 Å². The molecule has 13 heavy (non-hydrogen) atoms. The molecule has 1 rings (SSSR count). The van der Waals surface area contributed by atoms with Crippen molar-refractivity contribution in [2.75, 3.05) is 0 Å².